The number of hydrogen-bond donors (Lipinski definition) is 1. The molecule has 0 fully saturated rings. The third-order valence-electron chi connectivity index (χ3n) is 9.60. The van der Waals surface area contributed by atoms with Gasteiger partial charge in [0, 0.05) is 43.9 Å². The van der Waals surface area contributed by atoms with Crippen molar-refractivity contribution in [3.8, 4) is 17.2 Å². The molecule has 1 aliphatic rings. The third-order valence-corrected chi connectivity index (χ3v) is 9.60. The lowest BCUT2D eigenvalue weighted by Gasteiger charge is -2.13. The summed E-state index contributed by atoms with van der Waals surface area (Å²) < 4.78 is 8.58. The summed E-state index contributed by atoms with van der Waals surface area (Å²) in [5.74, 6) is 0.631. The largest absolute Gasteiger partial charge is 0.456 e. The monoisotopic (exact) mass is 630 g/mol. The van der Waals surface area contributed by atoms with Gasteiger partial charge < -0.3 is 9.73 Å². The SMILES string of the molecule is C1=CC(c2ccc(-c3nc(-n4c5ccc(Nc6ccccc6)cc5c5cc6oc7ccccc7c6cc54)nc4ccccc34)cc2)=CCC1. The first-order valence-corrected chi connectivity index (χ1v) is 16.7. The van der Waals surface area contributed by atoms with Crippen molar-refractivity contribution in [3.63, 3.8) is 0 Å². The first-order valence-electron chi connectivity index (χ1n) is 16.7. The Morgan fingerprint density at radius 3 is 2.18 bits per heavy atom. The van der Waals surface area contributed by atoms with Crippen LogP contribution < -0.4 is 5.32 Å². The molecule has 1 aliphatic carbocycles. The van der Waals surface area contributed by atoms with E-state index in [0.717, 1.165) is 90.1 Å². The molecule has 3 aromatic heterocycles. The van der Waals surface area contributed by atoms with Gasteiger partial charge in [-0.15, -0.1) is 0 Å². The Kier molecular flexibility index (Phi) is 6.24. The number of para-hydroxylation sites is 3. The topological polar surface area (TPSA) is 55.9 Å². The summed E-state index contributed by atoms with van der Waals surface area (Å²) in [6.45, 7) is 0. The van der Waals surface area contributed by atoms with E-state index in [2.05, 4.69) is 125 Å². The minimum atomic E-state index is 0.631. The van der Waals surface area contributed by atoms with Crippen LogP contribution in [0.3, 0.4) is 0 Å². The first-order chi connectivity index (χ1) is 24.3. The van der Waals surface area contributed by atoms with Crippen LogP contribution in [0.4, 0.5) is 11.4 Å². The van der Waals surface area contributed by atoms with Crippen molar-refractivity contribution in [2.24, 2.45) is 0 Å². The molecule has 10 rings (SSSR count). The highest BCUT2D eigenvalue weighted by Gasteiger charge is 2.20. The van der Waals surface area contributed by atoms with E-state index in [9.17, 15) is 0 Å². The lowest BCUT2D eigenvalue weighted by molar-refractivity contribution is 0.669. The van der Waals surface area contributed by atoms with Crippen LogP contribution in [0.5, 0.6) is 0 Å². The molecule has 0 atom stereocenters. The van der Waals surface area contributed by atoms with Crippen molar-refractivity contribution < 1.29 is 4.42 Å². The van der Waals surface area contributed by atoms with Crippen LogP contribution in [-0.2, 0) is 0 Å². The Balaban J connectivity index is 1.22. The van der Waals surface area contributed by atoms with Gasteiger partial charge >= 0.3 is 0 Å². The van der Waals surface area contributed by atoms with Gasteiger partial charge in [-0.3, -0.25) is 4.57 Å². The molecule has 232 valence electrons. The summed E-state index contributed by atoms with van der Waals surface area (Å²) in [6.07, 6.45) is 8.97. The summed E-state index contributed by atoms with van der Waals surface area (Å²) in [6, 6.07) is 46.5. The van der Waals surface area contributed by atoms with Gasteiger partial charge in [0.2, 0.25) is 5.95 Å². The number of hydrogen-bond acceptors (Lipinski definition) is 4. The molecule has 0 amide bonds. The highest BCUT2D eigenvalue weighted by atomic mass is 16.3. The van der Waals surface area contributed by atoms with E-state index in [4.69, 9.17) is 14.4 Å². The lowest BCUT2D eigenvalue weighted by Crippen LogP contribution is -2.03. The number of nitrogens with zero attached hydrogens (tertiary/aromatic N) is 3. The zero-order chi connectivity index (χ0) is 32.3. The minimum absolute atomic E-state index is 0.631. The Morgan fingerprint density at radius 1 is 0.551 bits per heavy atom. The predicted octanol–water partition coefficient (Wildman–Crippen LogP) is 11.8. The number of benzene rings is 6. The van der Waals surface area contributed by atoms with E-state index in [1.807, 2.05) is 36.4 Å². The van der Waals surface area contributed by atoms with E-state index in [0.29, 0.717) is 5.95 Å². The smallest absolute Gasteiger partial charge is 0.235 e. The summed E-state index contributed by atoms with van der Waals surface area (Å²) in [4.78, 5) is 10.6. The molecule has 0 saturated carbocycles. The van der Waals surface area contributed by atoms with Gasteiger partial charge in [0.15, 0.2) is 0 Å². The Hall–Kier alpha value is -6.46. The van der Waals surface area contributed by atoms with Gasteiger partial charge in [-0.25, -0.2) is 9.97 Å². The van der Waals surface area contributed by atoms with Gasteiger partial charge in [-0.1, -0.05) is 97.1 Å². The van der Waals surface area contributed by atoms with Crippen LogP contribution in [-0.4, -0.2) is 14.5 Å². The van der Waals surface area contributed by atoms with Crippen molar-refractivity contribution in [2.75, 3.05) is 5.32 Å². The Labute approximate surface area is 282 Å². The standard InChI is InChI=1S/C44H30N4O/c1-3-11-28(12-4-1)29-19-21-30(22-20-29)43-34-16-7-9-17-38(34)46-44(47-43)48-39-24-23-32(45-31-13-5-2-6-14-31)25-35(39)36-27-42-37(26-40(36)48)33-15-8-10-18-41(33)49-42/h2-3,5-27,45H,1,4H2. The fourth-order valence-electron chi connectivity index (χ4n) is 7.25. The van der Waals surface area contributed by atoms with Crippen LogP contribution in [0.1, 0.15) is 18.4 Å². The average molecular weight is 631 g/mol. The quantitative estimate of drug-likeness (QED) is 0.206. The molecule has 9 aromatic rings. The molecule has 6 aromatic carbocycles. The van der Waals surface area contributed by atoms with Crippen LogP contribution in [0, 0.1) is 0 Å². The van der Waals surface area contributed by atoms with Crippen molar-refractivity contribution in [3.05, 3.63) is 157 Å². The van der Waals surface area contributed by atoms with Crippen LogP contribution in [0.2, 0.25) is 0 Å². The van der Waals surface area contributed by atoms with Crippen LogP contribution in [0.15, 0.2) is 156 Å². The highest BCUT2D eigenvalue weighted by molar-refractivity contribution is 6.17. The highest BCUT2D eigenvalue weighted by Crippen LogP contribution is 2.40. The molecule has 0 bridgehead atoms. The molecule has 3 heterocycles. The van der Waals surface area contributed by atoms with Crippen molar-refractivity contribution in [1.82, 2.24) is 14.5 Å². The third kappa shape index (κ3) is 4.62. The molecule has 49 heavy (non-hydrogen) atoms. The molecule has 0 aliphatic heterocycles. The molecular formula is C44H30N4O. The van der Waals surface area contributed by atoms with Gasteiger partial charge in [0.25, 0.3) is 0 Å². The number of aromatic nitrogens is 3. The van der Waals surface area contributed by atoms with E-state index in [-0.39, 0.29) is 0 Å². The van der Waals surface area contributed by atoms with E-state index in [1.165, 1.54) is 11.1 Å². The van der Waals surface area contributed by atoms with Gasteiger partial charge in [0.1, 0.15) is 11.2 Å². The second-order valence-electron chi connectivity index (χ2n) is 12.6. The van der Waals surface area contributed by atoms with Crippen LogP contribution in [0.25, 0.3) is 77.4 Å². The maximum atomic E-state index is 6.37. The van der Waals surface area contributed by atoms with Crippen molar-refractivity contribution in [1.29, 1.82) is 0 Å². The molecule has 0 saturated heterocycles. The fraction of sp³-hybridized carbons (Fsp3) is 0.0455. The number of allylic oxidation sites excluding steroid dienone is 4. The lowest BCUT2D eigenvalue weighted by atomic mass is 9.97. The van der Waals surface area contributed by atoms with Gasteiger partial charge in [-0.05, 0) is 78.6 Å². The first kappa shape index (κ1) is 27.6. The number of fused-ring (bicyclic) bond motifs is 7. The van der Waals surface area contributed by atoms with E-state index < -0.39 is 0 Å². The molecule has 1 N–H and O–H groups in total. The predicted molar refractivity (Wildman–Crippen MR) is 203 cm³/mol. The zero-order valence-electron chi connectivity index (χ0n) is 26.6. The second kappa shape index (κ2) is 11.1. The minimum Gasteiger partial charge on any atom is -0.456 e. The maximum absolute atomic E-state index is 6.37. The molecule has 5 nitrogen and oxygen atoms in total. The molecule has 5 heteroatoms. The molecule has 0 radical (unpaired) electrons. The zero-order valence-corrected chi connectivity index (χ0v) is 26.6. The van der Waals surface area contributed by atoms with E-state index in [1.54, 1.807) is 0 Å². The summed E-state index contributed by atoms with van der Waals surface area (Å²) in [7, 11) is 0. The van der Waals surface area contributed by atoms with Gasteiger partial charge in [-0.2, -0.15) is 0 Å². The van der Waals surface area contributed by atoms with E-state index >= 15 is 0 Å². The number of rotatable bonds is 5. The Morgan fingerprint density at radius 2 is 1.33 bits per heavy atom. The fourth-order valence-corrected chi connectivity index (χ4v) is 7.25. The Bertz CT molecular complexity index is 2790. The summed E-state index contributed by atoms with van der Waals surface area (Å²) in [5.41, 5.74) is 11.2. The number of anilines is 2. The average Bonchev–Trinajstić information content (AvgIpc) is 3.68. The summed E-state index contributed by atoms with van der Waals surface area (Å²) in [5, 5.41) is 8.93. The number of furan rings is 1. The maximum Gasteiger partial charge on any atom is 0.235 e. The number of nitrogens with one attached hydrogen (secondary N) is 1. The normalized spacial score (nSPS) is 13.2. The van der Waals surface area contributed by atoms with Crippen molar-refractivity contribution >= 4 is 71.6 Å². The van der Waals surface area contributed by atoms with Gasteiger partial charge in [0.05, 0.1) is 22.2 Å². The van der Waals surface area contributed by atoms with Crippen LogP contribution >= 0.6 is 0 Å². The molecule has 0 unspecified atom stereocenters. The second-order valence-corrected chi connectivity index (χ2v) is 12.6. The molecular weight excluding hydrogens is 601 g/mol. The van der Waals surface area contributed by atoms with Crippen molar-refractivity contribution in [2.45, 2.75) is 12.8 Å². The molecule has 0 spiro atoms. The summed E-state index contributed by atoms with van der Waals surface area (Å²) >= 11 is 0.